The minimum absolute atomic E-state index is 0.295. The van der Waals surface area contributed by atoms with E-state index in [1.165, 1.54) is 12.1 Å². The monoisotopic (exact) mass is 259 g/mol. The summed E-state index contributed by atoms with van der Waals surface area (Å²) in [5.41, 5.74) is 9.27. The first kappa shape index (κ1) is 11.7. The Kier molecular flexibility index (Phi) is 2.51. The molecule has 3 rings (SSSR count). The van der Waals surface area contributed by atoms with Crippen molar-refractivity contribution in [3.8, 4) is 0 Å². The number of nitrogens with zero attached hydrogens (tertiary/aromatic N) is 4. The van der Waals surface area contributed by atoms with Crippen molar-refractivity contribution in [2.24, 2.45) is 7.05 Å². The molecule has 19 heavy (non-hydrogen) atoms. The summed E-state index contributed by atoms with van der Waals surface area (Å²) in [7, 11) is 1.87. The van der Waals surface area contributed by atoms with Crippen molar-refractivity contribution in [1.29, 1.82) is 0 Å². The minimum Gasteiger partial charge on any atom is -0.369 e. The van der Waals surface area contributed by atoms with Crippen LogP contribution in [0.25, 0.3) is 11.0 Å². The number of aromatic nitrogens is 4. The fourth-order valence-corrected chi connectivity index (χ4v) is 2.25. The molecule has 2 aromatic heterocycles. The highest BCUT2D eigenvalue weighted by Gasteiger charge is 2.12. The summed E-state index contributed by atoms with van der Waals surface area (Å²) in [5.74, 6) is 0.0837. The molecule has 0 aliphatic carbocycles. The van der Waals surface area contributed by atoms with Gasteiger partial charge in [-0.3, -0.25) is 4.68 Å². The molecule has 3 aromatic rings. The van der Waals surface area contributed by atoms with Gasteiger partial charge in [0.1, 0.15) is 5.82 Å². The first-order chi connectivity index (χ1) is 9.04. The number of anilines is 1. The Morgan fingerprint density at radius 1 is 1.37 bits per heavy atom. The average Bonchev–Trinajstić information content (AvgIpc) is 2.81. The molecule has 0 saturated carbocycles. The van der Waals surface area contributed by atoms with E-state index in [-0.39, 0.29) is 5.82 Å². The van der Waals surface area contributed by atoms with E-state index < -0.39 is 0 Å². The van der Waals surface area contributed by atoms with Crippen molar-refractivity contribution in [2.45, 2.75) is 13.5 Å². The standard InChI is InChI=1S/C13H14FN5/c1-8-9(6-18(2)17-8)7-19-12-5-10(14)3-4-11(12)16-13(19)15/h3-6H,7H2,1-2H3,(H2,15,16). The molecule has 6 heteroatoms. The van der Waals surface area contributed by atoms with Crippen LogP contribution in [0.1, 0.15) is 11.3 Å². The van der Waals surface area contributed by atoms with Crippen LogP contribution in [-0.4, -0.2) is 19.3 Å². The van der Waals surface area contributed by atoms with Crippen molar-refractivity contribution in [2.75, 3.05) is 5.73 Å². The Bertz CT molecular complexity index is 756. The predicted octanol–water partition coefficient (Wildman–Crippen LogP) is 1.85. The second-order valence-electron chi connectivity index (χ2n) is 4.60. The maximum atomic E-state index is 13.3. The van der Waals surface area contributed by atoms with E-state index in [9.17, 15) is 4.39 Å². The molecule has 0 spiro atoms. The third-order valence-electron chi connectivity index (χ3n) is 3.18. The highest BCUT2D eigenvalue weighted by molar-refractivity contribution is 5.78. The molecular formula is C13H14FN5. The normalized spacial score (nSPS) is 11.3. The van der Waals surface area contributed by atoms with Crippen LogP contribution in [0, 0.1) is 12.7 Å². The maximum Gasteiger partial charge on any atom is 0.201 e. The zero-order valence-electron chi connectivity index (χ0n) is 10.8. The summed E-state index contributed by atoms with van der Waals surface area (Å²) in [5, 5.41) is 4.29. The van der Waals surface area contributed by atoms with Gasteiger partial charge in [-0.05, 0) is 25.1 Å². The molecule has 0 saturated heterocycles. The van der Waals surface area contributed by atoms with E-state index in [2.05, 4.69) is 10.1 Å². The number of nitrogens with two attached hydrogens (primary N) is 1. The Labute approximate surface area is 109 Å². The van der Waals surface area contributed by atoms with Gasteiger partial charge in [-0.15, -0.1) is 0 Å². The Morgan fingerprint density at radius 3 is 2.84 bits per heavy atom. The zero-order valence-corrected chi connectivity index (χ0v) is 10.8. The van der Waals surface area contributed by atoms with Crippen LogP contribution < -0.4 is 5.73 Å². The van der Waals surface area contributed by atoms with Crippen molar-refractivity contribution >= 4 is 17.0 Å². The van der Waals surface area contributed by atoms with Crippen molar-refractivity contribution in [3.63, 3.8) is 0 Å². The van der Waals surface area contributed by atoms with Crippen LogP contribution in [0.15, 0.2) is 24.4 Å². The SMILES string of the molecule is Cc1nn(C)cc1Cn1c(N)nc2ccc(F)cc21. The lowest BCUT2D eigenvalue weighted by molar-refractivity contribution is 0.628. The van der Waals surface area contributed by atoms with E-state index >= 15 is 0 Å². The molecule has 1 aromatic carbocycles. The third-order valence-corrected chi connectivity index (χ3v) is 3.18. The lowest BCUT2D eigenvalue weighted by atomic mass is 10.2. The van der Waals surface area contributed by atoms with Crippen LogP contribution in [0.2, 0.25) is 0 Å². The lowest BCUT2D eigenvalue weighted by Crippen LogP contribution is -2.05. The number of imidazole rings is 1. The zero-order chi connectivity index (χ0) is 13.6. The van der Waals surface area contributed by atoms with E-state index in [4.69, 9.17) is 5.73 Å². The summed E-state index contributed by atoms with van der Waals surface area (Å²) >= 11 is 0. The molecule has 5 nitrogen and oxygen atoms in total. The number of nitrogen functional groups attached to an aromatic ring is 1. The molecule has 0 aliphatic heterocycles. The maximum absolute atomic E-state index is 13.3. The topological polar surface area (TPSA) is 61.7 Å². The van der Waals surface area contributed by atoms with Crippen LogP contribution in [0.5, 0.6) is 0 Å². The molecule has 0 radical (unpaired) electrons. The van der Waals surface area contributed by atoms with Gasteiger partial charge in [0, 0.05) is 18.8 Å². The van der Waals surface area contributed by atoms with E-state index in [0.717, 1.165) is 11.3 Å². The highest BCUT2D eigenvalue weighted by atomic mass is 19.1. The summed E-state index contributed by atoms with van der Waals surface area (Å²) in [4.78, 5) is 4.23. The van der Waals surface area contributed by atoms with Crippen LogP contribution >= 0.6 is 0 Å². The number of halogens is 1. The third kappa shape index (κ3) is 1.95. The molecule has 0 unspecified atom stereocenters. The fourth-order valence-electron chi connectivity index (χ4n) is 2.25. The largest absolute Gasteiger partial charge is 0.369 e. The van der Waals surface area contributed by atoms with Crippen LogP contribution in [-0.2, 0) is 13.6 Å². The molecule has 98 valence electrons. The Hall–Kier alpha value is -2.37. The molecule has 0 atom stereocenters. The highest BCUT2D eigenvalue weighted by Crippen LogP contribution is 2.21. The first-order valence-corrected chi connectivity index (χ1v) is 5.95. The first-order valence-electron chi connectivity index (χ1n) is 5.95. The minimum atomic E-state index is -0.295. The molecule has 0 fully saturated rings. The van der Waals surface area contributed by atoms with Crippen molar-refractivity contribution in [1.82, 2.24) is 19.3 Å². The van der Waals surface area contributed by atoms with Gasteiger partial charge in [-0.1, -0.05) is 0 Å². The number of rotatable bonds is 2. The quantitative estimate of drug-likeness (QED) is 0.764. The number of benzene rings is 1. The van der Waals surface area contributed by atoms with Gasteiger partial charge >= 0.3 is 0 Å². The predicted molar refractivity (Wildman–Crippen MR) is 71.2 cm³/mol. The molecule has 0 amide bonds. The summed E-state index contributed by atoms with van der Waals surface area (Å²) < 4.78 is 16.9. The Morgan fingerprint density at radius 2 is 2.16 bits per heavy atom. The smallest absolute Gasteiger partial charge is 0.201 e. The van der Waals surface area contributed by atoms with Gasteiger partial charge < -0.3 is 10.3 Å². The number of aryl methyl sites for hydroxylation is 2. The van der Waals surface area contributed by atoms with Gasteiger partial charge in [-0.2, -0.15) is 5.10 Å². The average molecular weight is 259 g/mol. The van der Waals surface area contributed by atoms with Gasteiger partial charge in [0.2, 0.25) is 5.95 Å². The van der Waals surface area contributed by atoms with Gasteiger partial charge in [0.15, 0.2) is 0 Å². The Balaban J connectivity index is 2.12. The lowest BCUT2D eigenvalue weighted by Gasteiger charge is -2.05. The number of hydrogen-bond donors (Lipinski definition) is 1. The summed E-state index contributed by atoms with van der Waals surface area (Å²) in [6.45, 7) is 2.47. The van der Waals surface area contributed by atoms with E-state index in [1.54, 1.807) is 15.3 Å². The number of fused-ring (bicyclic) bond motifs is 1. The molecular weight excluding hydrogens is 245 g/mol. The van der Waals surface area contributed by atoms with Crippen LogP contribution in [0.4, 0.5) is 10.3 Å². The second-order valence-corrected chi connectivity index (χ2v) is 4.60. The molecule has 2 N–H and O–H groups in total. The van der Waals surface area contributed by atoms with Crippen molar-refractivity contribution < 1.29 is 4.39 Å². The molecule has 0 bridgehead atoms. The molecule has 0 aliphatic rings. The van der Waals surface area contributed by atoms with Crippen LogP contribution in [0.3, 0.4) is 0 Å². The van der Waals surface area contributed by atoms with Gasteiger partial charge in [0.25, 0.3) is 0 Å². The second kappa shape index (κ2) is 4.08. The fraction of sp³-hybridized carbons (Fsp3) is 0.231. The van der Waals surface area contributed by atoms with Crippen molar-refractivity contribution in [3.05, 3.63) is 41.5 Å². The summed E-state index contributed by atoms with van der Waals surface area (Å²) in [6, 6.07) is 4.46. The number of hydrogen-bond acceptors (Lipinski definition) is 3. The van der Waals surface area contributed by atoms with E-state index in [1.807, 2.05) is 20.2 Å². The summed E-state index contributed by atoms with van der Waals surface area (Å²) in [6.07, 6.45) is 1.93. The van der Waals surface area contributed by atoms with Gasteiger partial charge in [0.05, 0.1) is 23.3 Å². The van der Waals surface area contributed by atoms with Gasteiger partial charge in [-0.25, -0.2) is 9.37 Å². The molecule has 2 heterocycles. The van der Waals surface area contributed by atoms with E-state index in [0.29, 0.717) is 23.5 Å².